The smallest absolute Gasteiger partial charge is 0.327 e. The number of carbonyl (C=O) groups is 2. The van der Waals surface area contributed by atoms with Gasteiger partial charge < -0.3 is 15.5 Å². The van der Waals surface area contributed by atoms with Gasteiger partial charge in [0.05, 0.1) is 6.10 Å². The van der Waals surface area contributed by atoms with Crippen LogP contribution in [0.4, 0.5) is 0 Å². The molecule has 0 saturated heterocycles. The number of aliphatic hydroxyl groups is 1. The first-order chi connectivity index (χ1) is 8.99. The van der Waals surface area contributed by atoms with E-state index < -0.39 is 12.0 Å². The molecule has 1 aliphatic rings. The van der Waals surface area contributed by atoms with Gasteiger partial charge in [-0.2, -0.15) is 11.8 Å². The summed E-state index contributed by atoms with van der Waals surface area (Å²) in [7, 11) is 0. The van der Waals surface area contributed by atoms with E-state index in [1.165, 1.54) is 44.4 Å². The maximum atomic E-state index is 10.9. The quantitative estimate of drug-likeness (QED) is 0.626. The Morgan fingerprint density at radius 2 is 1.95 bits per heavy atom. The third-order valence-electron chi connectivity index (χ3n) is 3.35. The molecule has 0 radical (unpaired) electrons. The lowest BCUT2D eigenvalue weighted by atomic mass is 10.0. The molecule has 1 fully saturated rings. The summed E-state index contributed by atoms with van der Waals surface area (Å²) in [6.45, 7) is 1.30. The number of aliphatic carboxylic acids is 1. The molecule has 110 valence electrons. The summed E-state index contributed by atoms with van der Waals surface area (Å²) in [6.07, 6.45) is 5.35. The van der Waals surface area contributed by atoms with Crippen molar-refractivity contribution < 1.29 is 19.8 Å². The summed E-state index contributed by atoms with van der Waals surface area (Å²) in [5.41, 5.74) is 0. The van der Waals surface area contributed by atoms with Crippen LogP contribution in [-0.4, -0.2) is 45.7 Å². The van der Waals surface area contributed by atoms with Crippen molar-refractivity contribution in [1.82, 2.24) is 5.32 Å². The van der Waals surface area contributed by atoms with E-state index in [4.69, 9.17) is 5.11 Å². The van der Waals surface area contributed by atoms with Gasteiger partial charge in [0.25, 0.3) is 0 Å². The van der Waals surface area contributed by atoms with Gasteiger partial charge in [-0.05, 0) is 12.3 Å². The second-order valence-corrected chi connectivity index (χ2v) is 6.24. The highest BCUT2D eigenvalue weighted by molar-refractivity contribution is 7.99. The second kappa shape index (κ2) is 8.43. The molecule has 0 aromatic heterocycles. The maximum absolute atomic E-state index is 10.9. The number of aliphatic hydroxyl groups excluding tert-OH is 1. The molecule has 2 unspecified atom stereocenters. The number of nitrogens with one attached hydrogen (secondary N) is 1. The molecule has 5 nitrogen and oxygen atoms in total. The predicted molar refractivity (Wildman–Crippen MR) is 75.1 cm³/mol. The minimum Gasteiger partial charge on any atom is -0.480 e. The van der Waals surface area contributed by atoms with E-state index in [0.29, 0.717) is 11.7 Å². The molecule has 2 atom stereocenters. The third-order valence-corrected chi connectivity index (χ3v) is 4.54. The molecule has 19 heavy (non-hydrogen) atoms. The van der Waals surface area contributed by atoms with Crippen LogP contribution in [-0.2, 0) is 9.59 Å². The van der Waals surface area contributed by atoms with Gasteiger partial charge in [0, 0.05) is 18.4 Å². The van der Waals surface area contributed by atoms with Crippen LogP contribution in [0.25, 0.3) is 0 Å². The van der Waals surface area contributed by atoms with E-state index in [9.17, 15) is 14.7 Å². The SMILES string of the molecule is CC(=O)NC(CSCC(O)CC1CCCC1)C(=O)O. The van der Waals surface area contributed by atoms with E-state index >= 15 is 0 Å². The molecule has 6 heteroatoms. The van der Waals surface area contributed by atoms with Crippen LogP contribution in [0.2, 0.25) is 0 Å². The molecule has 0 spiro atoms. The summed E-state index contributed by atoms with van der Waals surface area (Å²) in [5, 5.41) is 21.2. The maximum Gasteiger partial charge on any atom is 0.327 e. The predicted octanol–water partition coefficient (Wildman–Crippen LogP) is 1.25. The van der Waals surface area contributed by atoms with Crippen LogP contribution in [0.5, 0.6) is 0 Å². The molecule has 3 N–H and O–H groups in total. The monoisotopic (exact) mass is 289 g/mol. The van der Waals surface area contributed by atoms with E-state index in [1.807, 2.05) is 0 Å². The van der Waals surface area contributed by atoms with Gasteiger partial charge in [-0.25, -0.2) is 4.79 Å². The first-order valence-corrected chi connectivity index (χ1v) is 7.90. The fraction of sp³-hybridized carbons (Fsp3) is 0.846. The zero-order valence-corrected chi connectivity index (χ0v) is 12.1. The van der Waals surface area contributed by atoms with Gasteiger partial charge in [0.1, 0.15) is 6.04 Å². The zero-order chi connectivity index (χ0) is 14.3. The average Bonchev–Trinajstić information content (AvgIpc) is 2.79. The van der Waals surface area contributed by atoms with Crippen LogP contribution < -0.4 is 5.32 Å². The molecule has 1 aliphatic carbocycles. The van der Waals surface area contributed by atoms with Crippen molar-refractivity contribution in [2.24, 2.45) is 5.92 Å². The van der Waals surface area contributed by atoms with Crippen molar-refractivity contribution in [3.05, 3.63) is 0 Å². The Kier molecular flexibility index (Phi) is 7.23. The van der Waals surface area contributed by atoms with Crippen LogP contribution in [0, 0.1) is 5.92 Å². The van der Waals surface area contributed by atoms with E-state index in [-0.39, 0.29) is 17.8 Å². The highest BCUT2D eigenvalue weighted by atomic mass is 32.2. The topological polar surface area (TPSA) is 86.6 Å². The van der Waals surface area contributed by atoms with Crippen molar-refractivity contribution >= 4 is 23.6 Å². The Morgan fingerprint density at radius 3 is 2.47 bits per heavy atom. The van der Waals surface area contributed by atoms with Crippen LogP contribution >= 0.6 is 11.8 Å². The van der Waals surface area contributed by atoms with E-state index in [0.717, 1.165) is 6.42 Å². The van der Waals surface area contributed by atoms with Gasteiger partial charge >= 0.3 is 5.97 Å². The summed E-state index contributed by atoms with van der Waals surface area (Å²) < 4.78 is 0. The Hall–Kier alpha value is -0.750. The minimum absolute atomic E-state index is 0.288. The third kappa shape index (κ3) is 6.82. The minimum atomic E-state index is -1.03. The Morgan fingerprint density at radius 1 is 1.32 bits per heavy atom. The van der Waals surface area contributed by atoms with E-state index in [2.05, 4.69) is 5.32 Å². The molecular weight excluding hydrogens is 266 g/mol. The Labute approximate surface area is 118 Å². The van der Waals surface area contributed by atoms with Crippen molar-refractivity contribution in [1.29, 1.82) is 0 Å². The second-order valence-electron chi connectivity index (χ2n) is 5.17. The lowest BCUT2D eigenvalue weighted by Gasteiger charge is -2.17. The molecule has 0 aromatic rings. The number of thioether (sulfide) groups is 1. The average molecular weight is 289 g/mol. The number of carbonyl (C=O) groups excluding carboxylic acids is 1. The molecule has 1 saturated carbocycles. The van der Waals surface area contributed by atoms with Crippen LogP contribution in [0.15, 0.2) is 0 Å². The summed E-state index contributed by atoms with van der Waals surface area (Å²) in [4.78, 5) is 21.8. The van der Waals surface area contributed by atoms with Crippen molar-refractivity contribution in [2.45, 2.75) is 51.2 Å². The van der Waals surface area contributed by atoms with E-state index in [1.54, 1.807) is 0 Å². The van der Waals surface area contributed by atoms with Crippen molar-refractivity contribution in [3.8, 4) is 0 Å². The molecule has 0 bridgehead atoms. The van der Waals surface area contributed by atoms with Crippen molar-refractivity contribution in [3.63, 3.8) is 0 Å². The number of rotatable bonds is 8. The zero-order valence-electron chi connectivity index (χ0n) is 11.3. The highest BCUT2D eigenvalue weighted by Crippen LogP contribution is 2.29. The number of hydrogen-bond acceptors (Lipinski definition) is 4. The van der Waals surface area contributed by atoms with Crippen molar-refractivity contribution in [2.75, 3.05) is 11.5 Å². The standard InChI is InChI=1S/C13H23NO4S/c1-9(15)14-12(13(17)18)8-19-7-11(16)6-10-4-2-3-5-10/h10-12,16H,2-8H2,1H3,(H,14,15)(H,17,18). The molecule has 0 aliphatic heterocycles. The first-order valence-electron chi connectivity index (χ1n) is 6.74. The fourth-order valence-corrected chi connectivity index (χ4v) is 3.45. The number of amides is 1. The lowest BCUT2D eigenvalue weighted by molar-refractivity contribution is -0.140. The highest BCUT2D eigenvalue weighted by Gasteiger charge is 2.21. The summed E-state index contributed by atoms with van der Waals surface area (Å²) in [5.74, 6) is 0.0601. The molecular formula is C13H23NO4S. The van der Waals surface area contributed by atoms with Gasteiger partial charge in [0.15, 0.2) is 0 Å². The van der Waals surface area contributed by atoms with Gasteiger partial charge in [-0.1, -0.05) is 25.7 Å². The lowest BCUT2D eigenvalue weighted by Crippen LogP contribution is -2.41. The Bertz CT molecular complexity index is 305. The number of hydrogen-bond donors (Lipinski definition) is 3. The molecule has 1 rings (SSSR count). The largest absolute Gasteiger partial charge is 0.480 e. The van der Waals surface area contributed by atoms with Gasteiger partial charge in [-0.15, -0.1) is 0 Å². The van der Waals surface area contributed by atoms with Crippen LogP contribution in [0.3, 0.4) is 0 Å². The van der Waals surface area contributed by atoms with Gasteiger partial charge in [-0.3, -0.25) is 4.79 Å². The van der Waals surface area contributed by atoms with Crippen LogP contribution in [0.1, 0.15) is 39.0 Å². The summed E-state index contributed by atoms with van der Waals surface area (Å²) >= 11 is 1.38. The number of carboxylic acids is 1. The molecule has 0 heterocycles. The number of carboxylic acid groups (broad SMARTS) is 1. The molecule has 1 amide bonds. The first kappa shape index (κ1) is 16.3. The molecule has 0 aromatic carbocycles. The fourth-order valence-electron chi connectivity index (χ4n) is 2.44. The Balaban J connectivity index is 2.19. The normalized spacial score (nSPS) is 19.1. The van der Waals surface area contributed by atoms with Gasteiger partial charge in [0.2, 0.25) is 5.91 Å². The summed E-state index contributed by atoms with van der Waals surface area (Å²) in [6, 6.07) is -0.874.